The van der Waals surface area contributed by atoms with Crippen molar-refractivity contribution < 1.29 is 47.7 Å². The molecule has 0 aromatic heterocycles. The first kappa shape index (κ1) is 91.6. The fourth-order valence-corrected chi connectivity index (χ4v) is 28.4. The molecule has 626 valence electrons. The zero-order chi connectivity index (χ0) is 77.7. The summed E-state index contributed by atoms with van der Waals surface area (Å²) in [6.45, 7) is 29.0. The van der Waals surface area contributed by atoms with Gasteiger partial charge in [-0.25, -0.2) is 13.2 Å². The fraction of sp³-hybridized carbons (Fsp3) is 0.760. The third-order valence-electron chi connectivity index (χ3n) is 35.5. The van der Waals surface area contributed by atoms with Crippen LogP contribution in [0.4, 0.5) is 17.1 Å². The highest BCUT2D eigenvalue weighted by molar-refractivity contribution is 7.93. The predicted octanol–water partition coefficient (Wildman–Crippen LogP) is 27.1. The molecule has 0 saturated heterocycles. The summed E-state index contributed by atoms with van der Waals surface area (Å²) in [5.41, 5.74) is 7.82. The summed E-state index contributed by atoms with van der Waals surface area (Å²) in [5, 5.41) is 65.1. The van der Waals surface area contributed by atoms with Crippen LogP contribution in [0.1, 0.15) is 352 Å². The van der Waals surface area contributed by atoms with Gasteiger partial charge in [0.1, 0.15) is 17.5 Å². The van der Waals surface area contributed by atoms with Crippen molar-refractivity contribution in [2.75, 3.05) is 6.26 Å². The van der Waals surface area contributed by atoms with E-state index >= 15 is 0 Å². The number of halogens is 4. The minimum atomic E-state index is -0.506. The molecule has 0 bridgehead atoms. The van der Waals surface area contributed by atoms with Crippen LogP contribution >= 0.6 is 12.1 Å². The number of fused-ring (bicyclic) bond motifs is 15. The van der Waals surface area contributed by atoms with E-state index in [-0.39, 0.29) is 68.1 Å². The van der Waals surface area contributed by atoms with Crippen molar-refractivity contribution in [3.8, 4) is 0 Å². The van der Waals surface area contributed by atoms with Gasteiger partial charge in [0.2, 0.25) is 0 Å². The number of aliphatic hydroxyl groups excluding tert-OH is 3. The molecule has 3 aromatic rings. The van der Waals surface area contributed by atoms with E-state index in [9.17, 15) is 47.7 Å². The van der Waals surface area contributed by atoms with Crippen molar-refractivity contribution in [3.63, 3.8) is 0 Å². The summed E-state index contributed by atoms with van der Waals surface area (Å²) in [7, 11) is 0. The molecule has 9 fully saturated rings. The Morgan fingerprint density at radius 3 is 0.820 bits per heavy atom. The first-order chi connectivity index (χ1) is 51.2. The minimum absolute atomic E-state index is 0. The van der Waals surface area contributed by atoms with Crippen molar-refractivity contribution in [2.45, 2.75) is 352 Å². The molecule has 12 aliphatic rings. The molecular weight excluding hydrogens is 1410 g/mol. The standard InChI is InChI=1S/3C32H47FO2.CH3FS.3CH4/c3*1-5-32(35)19-18-30(3)23(20-32)9-12-25-27-14-13-26(31(27,4)17-16-28(25)30)21(2)6-15-29(34)22-7-10-24(33)11-8-22;1-3-2;;;/h3*7-11,21,25-29,34-35H,5-6,12-20H2,1-4H3;1H3;3*1H4/t21-,25+,26-,27+,28+,29?,30+,31-,32+;21-,25+,26-,27+,28+,29+,30+,31-,32+;21-,25+,26-,27+,28+,29-,30+,31-,32+;;;;/m111..../s1. The molecule has 11 heteroatoms. The fourth-order valence-electron chi connectivity index (χ4n) is 28.4. The normalized spacial score (nSPS) is 40.3. The SMILES string of the molecule is C.C.C.CC[C@]1(O)CC[C@@]2(C)C(=CC[C@H]3[C@@H]4CC[C@H]([C@H](C)CCC(O)c5ccc(F)cc5)[C@@]4(C)CC[C@@H]32)C1.CC[C@]1(O)CC[C@@]2(C)C(=CC[C@H]3[C@@H]4CC[C@H]([C@H](C)CC[C@@H](O)c5ccc(F)cc5)[C@@]4(C)CC[C@@H]32)C1.CC[C@]1(O)CC[C@@]2(C)C(=CC[C@H]3[C@@H]4CC[C@H]([C@H](C)CC[C@H](O)c5ccc(F)cc5)[C@@]4(C)CC[C@@H]32)C1.CSF. The molecule has 0 spiro atoms. The van der Waals surface area contributed by atoms with E-state index in [1.807, 2.05) is 0 Å². The van der Waals surface area contributed by atoms with E-state index in [2.05, 4.69) is 101 Å². The number of rotatable bonds is 18. The van der Waals surface area contributed by atoms with E-state index in [1.165, 1.54) is 139 Å². The molecule has 0 radical (unpaired) electrons. The number of allylic oxidation sites excluding steroid dienone is 3. The number of hydrogen-bond acceptors (Lipinski definition) is 7. The van der Waals surface area contributed by atoms with Gasteiger partial charge in [0.05, 0.1) is 35.1 Å². The van der Waals surface area contributed by atoms with Crippen molar-refractivity contribution in [2.24, 2.45) is 121 Å². The maximum Gasteiger partial charge on any atom is 0.123 e. The van der Waals surface area contributed by atoms with Gasteiger partial charge in [-0.2, -0.15) is 3.89 Å². The van der Waals surface area contributed by atoms with Crippen LogP contribution in [-0.2, 0) is 0 Å². The van der Waals surface area contributed by atoms with Gasteiger partial charge >= 0.3 is 0 Å². The van der Waals surface area contributed by atoms with E-state index < -0.39 is 35.1 Å². The van der Waals surface area contributed by atoms with Crippen LogP contribution in [0.3, 0.4) is 0 Å². The Labute approximate surface area is 677 Å². The number of benzene rings is 3. The largest absolute Gasteiger partial charge is 0.390 e. The molecule has 6 N–H and O–H groups in total. The molecular formula is C100H156F4O6S. The van der Waals surface area contributed by atoms with Crippen LogP contribution < -0.4 is 0 Å². The Hall–Kier alpha value is -3.29. The quantitative estimate of drug-likeness (QED) is 0.0554. The zero-order valence-corrected chi connectivity index (χ0v) is 69.8. The van der Waals surface area contributed by atoms with Crippen molar-refractivity contribution in [1.29, 1.82) is 0 Å². The minimum Gasteiger partial charge on any atom is -0.390 e. The Balaban J connectivity index is 0.000000185. The predicted molar refractivity (Wildman–Crippen MR) is 455 cm³/mol. The Bertz CT molecular complexity index is 3220. The Morgan fingerprint density at radius 1 is 0.360 bits per heavy atom. The maximum atomic E-state index is 13.3. The average Bonchev–Trinajstić information content (AvgIpc) is 1.70. The molecule has 0 aliphatic heterocycles. The molecule has 111 heavy (non-hydrogen) atoms. The number of hydrogen-bond donors (Lipinski definition) is 6. The summed E-state index contributed by atoms with van der Waals surface area (Å²) < 4.78 is 50.0. The summed E-state index contributed by atoms with van der Waals surface area (Å²) in [4.78, 5) is 0. The highest BCUT2D eigenvalue weighted by Gasteiger charge is 2.64. The molecule has 27 atom stereocenters. The lowest BCUT2D eigenvalue weighted by Gasteiger charge is -2.59. The molecule has 15 rings (SSSR count). The molecule has 0 heterocycles. The van der Waals surface area contributed by atoms with Gasteiger partial charge in [-0.3, -0.25) is 0 Å². The summed E-state index contributed by atoms with van der Waals surface area (Å²) in [6, 6.07) is 19.0. The zero-order valence-electron chi connectivity index (χ0n) is 69.0. The van der Waals surface area contributed by atoms with Crippen molar-refractivity contribution in [3.05, 3.63) is 142 Å². The Kier molecular flexibility index (Phi) is 30.1. The first-order valence-corrected chi connectivity index (χ1v) is 45.0. The lowest BCUT2D eigenvalue weighted by Crippen LogP contribution is -2.52. The highest BCUT2D eigenvalue weighted by Crippen LogP contribution is 2.72. The second kappa shape index (κ2) is 36.5. The summed E-state index contributed by atoms with van der Waals surface area (Å²) in [5.74, 6) is 10.3. The number of aliphatic hydroxyl groups is 6. The lowest BCUT2D eigenvalue weighted by molar-refractivity contribution is -0.0757. The molecule has 1 unspecified atom stereocenters. The third kappa shape index (κ3) is 18.0. The second-order valence-corrected chi connectivity index (χ2v) is 40.6. The van der Waals surface area contributed by atoms with Gasteiger partial charge in [0.15, 0.2) is 0 Å². The molecule has 12 aliphatic carbocycles. The van der Waals surface area contributed by atoms with Gasteiger partial charge in [0, 0.05) is 18.4 Å². The molecule has 0 amide bonds. The van der Waals surface area contributed by atoms with Gasteiger partial charge < -0.3 is 30.6 Å². The van der Waals surface area contributed by atoms with E-state index in [0.717, 1.165) is 203 Å². The van der Waals surface area contributed by atoms with Gasteiger partial charge in [-0.1, -0.05) is 177 Å². The van der Waals surface area contributed by atoms with E-state index in [4.69, 9.17) is 0 Å². The van der Waals surface area contributed by atoms with Crippen molar-refractivity contribution in [1.82, 2.24) is 0 Å². The third-order valence-corrected chi connectivity index (χ3v) is 35.5. The maximum absolute atomic E-state index is 13.3. The molecule has 3 aromatic carbocycles. The average molecular weight is 1560 g/mol. The van der Waals surface area contributed by atoms with Crippen LogP contribution in [0.5, 0.6) is 0 Å². The van der Waals surface area contributed by atoms with Crippen LogP contribution in [0.15, 0.2) is 108 Å². The van der Waals surface area contributed by atoms with Crippen LogP contribution in [-0.4, -0.2) is 53.7 Å². The summed E-state index contributed by atoms with van der Waals surface area (Å²) >= 11 is 0.250. The topological polar surface area (TPSA) is 121 Å². The van der Waals surface area contributed by atoms with Gasteiger partial charge in [0.25, 0.3) is 0 Å². The van der Waals surface area contributed by atoms with E-state index in [0.29, 0.717) is 34.0 Å². The van der Waals surface area contributed by atoms with Crippen LogP contribution in [0.25, 0.3) is 0 Å². The highest BCUT2D eigenvalue weighted by atomic mass is 32.2. The second-order valence-electron chi connectivity index (χ2n) is 40.2. The van der Waals surface area contributed by atoms with E-state index in [1.54, 1.807) is 53.1 Å². The Morgan fingerprint density at radius 2 is 0.595 bits per heavy atom. The smallest absolute Gasteiger partial charge is 0.123 e. The van der Waals surface area contributed by atoms with Gasteiger partial charge in [-0.05, 0) is 386 Å². The molecule has 9 saturated carbocycles. The first-order valence-electron chi connectivity index (χ1n) is 43.9. The van der Waals surface area contributed by atoms with Crippen molar-refractivity contribution >= 4 is 12.1 Å². The van der Waals surface area contributed by atoms with Crippen LogP contribution in [0.2, 0.25) is 0 Å². The lowest BCUT2D eigenvalue weighted by atomic mass is 9.46. The molecule has 6 nitrogen and oxygen atoms in total. The van der Waals surface area contributed by atoms with Gasteiger partial charge in [-0.15, -0.1) is 0 Å². The monoisotopic (exact) mass is 1560 g/mol. The van der Waals surface area contributed by atoms with Crippen LogP contribution in [0, 0.1) is 139 Å². The summed E-state index contributed by atoms with van der Waals surface area (Å²) in [6.07, 6.45) is 44.1.